The van der Waals surface area contributed by atoms with Crippen molar-refractivity contribution in [3.63, 3.8) is 0 Å². The Morgan fingerprint density at radius 1 is 1.07 bits per heavy atom. The van der Waals surface area contributed by atoms with Gasteiger partial charge in [0.05, 0.1) is 11.0 Å². The van der Waals surface area contributed by atoms with Gasteiger partial charge >= 0.3 is 5.97 Å². The van der Waals surface area contributed by atoms with Crippen LogP contribution in [0.3, 0.4) is 0 Å². The highest BCUT2D eigenvalue weighted by Gasteiger charge is 2.44. The Morgan fingerprint density at radius 3 is 2.48 bits per heavy atom. The molecule has 1 aromatic heterocycles. The fourth-order valence-corrected chi connectivity index (χ4v) is 7.82. The summed E-state index contributed by atoms with van der Waals surface area (Å²) >= 11 is 0. The lowest BCUT2D eigenvalue weighted by molar-refractivity contribution is -0.142. The zero-order valence-electron chi connectivity index (χ0n) is 23.5. The Labute approximate surface area is 234 Å². The highest BCUT2D eigenvalue weighted by atomic mass is 16.6. The van der Waals surface area contributed by atoms with Gasteiger partial charge in [-0.3, -0.25) is 14.5 Å². The lowest BCUT2D eigenvalue weighted by atomic mass is 9.73. The molecular weight excluding hydrogens is 510 g/mol. The van der Waals surface area contributed by atoms with E-state index in [1.807, 2.05) is 18.2 Å². The number of carboxylic acid groups (broad SMARTS) is 1. The Morgan fingerprint density at radius 2 is 1.80 bits per heavy atom. The lowest BCUT2D eigenvalue weighted by Crippen LogP contribution is -2.58. The highest BCUT2D eigenvalue weighted by molar-refractivity contribution is 6.44. The van der Waals surface area contributed by atoms with Crippen LogP contribution < -0.4 is 11.3 Å². The summed E-state index contributed by atoms with van der Waals surface area (Å²) < 4.78 is 1.78. The van der Waals surface area contributed by atoms with E-state index >= 15 is 0 Å². The van der Waals surface area contributed by atoms with Crippen molar-refractivity contribution >= 4 is 28.6 Å². The third-order valence-electron chi connectivity index (χ3n) is 9.10. The number of rotatable bonds is 9. The number of benzene rings is 1. The number of carboxylic acids is 1. The molecule has 10 nitrogen and oxygen atoms in total. The van der Waals surface area contributed by atoms with Crippen molar-refractivity contribution in [3.8, 4) is 0 Å². The number of piperidine rings is 2. The number of nitrogens with two attached hydrogens (primary N) is 1. The maximum absolute atomic E-state index is 14.0. The fraction of sp³-hybridized carbons (Fsp3) is 0.633. The number of nitrogens with zero attached hydrogens (tertiary/aromatic N) is 4. The second-order valence-corrected chi connectivity index (χ2v) is 12.0. The molecule has 2 unspecified atom stereocenters. The molecule has 10 heteroatoms. The second-order valence-electron chi connectivity index (χ2n) is 12.0. The van der Waals surface area contributed by atoms with E-state index < -0.39 is 29.8 Å². The van der Waals surface area contributed by atoms with Crippen LogP contribution >= 0.6 is 0 Å². The van der Waals surface area contributed by atoms with Gasteiger partial charge < -0.3 is 20.2 Å². The molecule has 1 saturated carbocycles. The smallest absolute Gasteiger partial charge is 0.344 e. The van der Waals surface area contributed by atoms with Crippen molar-refractivity contribution in [2.24, 2.45) is 22.7 Å². The van der Waals surface area contributed by atoms with E-state index in [-0.39, 0.29) is 11.7 Å². The average Bonchev–Trinajstić information content (AvgIpc) is 2.90. The van der Waals surface area contributed by atoms with E-state index in [0.717, 1.165) is 37.5 Å². The van der Waals surface area contributed by atoms with Crippen molar-refractivity contribution in [2.45, 2.75) is 102 Å². The van der Waals surface area contributed by atoms with E-state index in [4.69, 9.17) is 15.7 Å². The molecule has 1 aliphatic carbocycles. The molecule has 1 aromatic carbocycles. The molecule has 5 rings (SSSR count). The Hall–Kier alpha value is -3.27. The molecule has 1 amide bonds. The molecule has 6 atom stereocenters. The van der Waals surface area contributed by atoms with Gasteiger partial charge in [0, 0.05) is 24.2 Å². The van der Waals surface area contributed by atoms with E-state index in [9.17, 15) is 14.4 Å². The fourth-order valence-electron chi connectivity index (χ4n) is 7.82. The molecule has 2 aromatic rings. The van der Waals surface area contributed by atoms with Crippen LogP contribution in [-0.4, -0.2) is 61.9 Å². The first-order chi connectivity index (χ1) is 19.3. The number of oxime groups is 1. The highest BCUT2D eigenvalue weighted by Crippen LogP contribution is 2.45. The Bertz CT molecular complexity index is 1330. The van der Waals surface area contributed by atoms with Crippen LogP contribution in [0.1, 0.15) is 89.8 Å². The van der Waals surface area contributed by atoms with Gasteiger partial charge in [-0.05, 0) is 68.9 Å². The van der Waals surface area contributed by atoms with Crippen LogP contribution in [0.25, 0.3) is 11.0 Å². The number of aliphatic carboxylic acids is 1. The summed E-state index contributed by atoms with van der Waals surface area (Å²) in [5.74, 6) is -0.737. The van der Waals surface area contributed by atoms with E-state index in [1.54, 1.807) is 10.6 Å². The molecule has 40 heavy (non-hydrogen) atoms. The topological polar surface area (TPSA) is 140 Å². The number of carbonyl (C=O) groups is 2. The number of amides is 1. The number of aromatic nitrogens is 2. The van der Waals surface area contributed by atoms with Crippen LogP contribution in [0.5, 0.6) is 0 Å². The monoisotopic (exact) mass is 551 g/mol. The summed E-state index contributed by atoms with van der Waals surface area (Å²) in [6.45, 7) is 3.92. The molecule has 3 heterocycles. The van der Waals surface area contributed by atoms with Crippen molar-refractivity contribution in [1.82, 2.24) is 14.5 Å². The van der Waals surface area contributed by atoms with Gasteiger partial charge in [0.2, 0.25) is 6.61 Å². The summed E-state index contributed by atoms with van der Waals surface area (Å²) in [5.41, 5.74) is 5.66. The van der Waals surface area contributed by atoms with Gasteiger partial charge in [0.25, 0.3) is 11.5 Å². The van der Waals surface area contributed by atoms with Crippen LogP contribution in [0.4, 0.5) is 0 Å². The predicted molar refractivity (Wildman–Crippen MR) is 152 cm³/mol. The second kappa shape index (κ2) is 12.1. The number of carbonyl (C=O) groups excluding carboxylic acids is 1. The summed E-state index contributed by atoms with van der Waals surface area (Å²) in [6.07, 6.45) is 11.5. The third-order valence-corrected chi connectivity index (χ3v) is 9.10. The minimum absolute atomic E-state index is 0.0628. The first-order valence-electron chi connectivity index (χ1n) is 14.8. The van der Waals surface area contributed by atoms with Gasteiger partial charge in [-0.25, -0.2) is 9.78 Å². The largest absolute Gasteiger partial charge is 0.479 e. The maximum atomic E-state index is 14.0. The van der Waals surface area contributed by atoms with Gasteiger partial charge in [-0.1, -0.05) is 50.4 Å². The number of fused-ring (bicyclic) bond motifs is 3. The predicted octanol–water partition coefficient (Wildman–Crippen LogP) is 3.85. The van der Waals surface area contributed by atoms with Crippen molar-refractivity contribution < 1.29 is 19.5 Å². The van der Waals surface area contributed by atoms with Gasteiger partial charge in [0.15, 0.2) is 11.4 Å². The number of hydrogen-bond acceptors (Lipinski definition) is 7. The number of para-hydroxylation sites is 2. The zero-order chi connectivity index (χ0) is 28.4. The molecule has 216 valence electrons. The molecule has 2 bridgehead atoms. The van der Waals surface area contributed by atoms with Gasteiger partial charge in [-0.15, -0.1) is 0 Å². The Balaban J connectivity index is 1.50. The van der Waals surface area contributed by atoms with Gasteiger partial charge in [-0.2, -0.15) is 0 Å². The molecule has 0 spiro atoms. The SMILES string of the molecule is CCC[C@H]1CC(C)C[C@H](N2[C@@H]3CCC[C@H]2CC(n2c(=O)c(/C(=N/OCC(=O)O)C(N)=O)nc4ccccc42)C3)C1. The number of primary amides is 1. The lowest BCUT2D eigenvalue weighted by Gasteiger charge is -2.54. The van der Waals surface area contributed by atoms with Crippen LogP contribution in [0.15, 0.2) is 34.2 Å². The van der Waals surface area contributed by atoms with E-state index in [0.29, 0.717) is 29.2 Å². The minimum Gasteiger partial charge on any atom is -0.479 e. The van der Waals surface area contributed by atoms with E-state index in [1.165, 1.54) is 38.5 Å². The van der Waals surface area contributed by atoms with Crippen LogP contribution in [0.2, 0.25) is 0 Å². The average molecular weight is 552 g/mol. The standard InChI is InChI=1S/C30H41N5O5/c1-3-7-19-12-18(2)13-22(14-19)34-20-8-6-9-21(34)16-23(15-20)35-25-11-5-4-10-24(25)32-28(30(35)39)27(29(31)38)33-40-17-26(36)37/h4-5,10-11,18-23H,3,6-9,12-17H2,1-2H3,(H2,31,38)(H,36,37)/b33-27-/t18?,19-,20-,21+,22-,23?/m0/s1. The van der Waals surface area contributed by atoms with Crippen molar-refractivity contribution in [2.75, 3.05) is 6.61 Å². The molecule has 3 N–H and O–H groups in total. The maximum Gasteiger partial charge on any atom is 0.344 e. The normalized spacial score (nSPS) is 29.3. The molecule has 2 aliphatic heterocycles. The molecule has 3 aliphatic rings. The molecule has 3 fully saturated rings. The van der Waals surface area contributed by atoms with Gasteiger partial charge in [0.1, 0.15) is 0 Å². The first-order valence-corrected chi connectivity index (χ1v) is 14.8. The van der Waals surface area contributed by atoms with Crippen molar-refractivity contribution in [3.05, 3.63) is 40.3 Å². The summed E-state index contributed by atoms with van der Waals surface area (Å²) in [4.78, 5) is 49.3. The molecule has 2 saturated heterocycles. The molecular formula is C30H41N5O5. The summed E-state index contributed by atoms with van der Waals surface area (Å²) in [6, 6.07) is 8.72. The molecule has 0 radical (unpaired) electrons. The van der Waals surface area contributed by atoms with Crippen LogP contribution in [-0.2, 0) is 14.4 Å². The Kier molecular flexibility index (Phi) is 8.54. The summed E-state index contributed by atoms with van der Waals surface area (Å²) in [7, 11) is 0. The minimum atomic E-state index is -1.26. The van der Waals surface area contributed by atoms with Crippen LogP contribution in [0, 0.1) is 11.8 Å². The van der Waals surface area contributed by atoms with Crippen molar-refractivity contribution in [1.29, 1.82) is 0 Å². The summed E-state index contributed by atoms with van der Waals surface area (Å²) in [5, 5.41) is 12.5. The number of hydrogen-bond donors (Lipinski definition) is 2. The quantitative estimate of drug-likeness (QED) is 0.356. The zero-order valence-corrected chi connectivity index (χ0v) is 23.5. The third kappa shape index (κ3) is 5.77. The van der Waals surface area contributed by atoms with E-state index in [2.05, 4.69) is 28.9 Å². The first kappa shape index (κ1) is 28.3.